The van der Waals surface area contributed by atoms with Gasteiger partial charge < -0.3 is 10.5 Å². The number of aromatic nitrogens is 1. The Balaban J connectivity index is 2.09. The Morgan fingerprint density at radius 2 is 1.88 bits per heavy atom. The molecule has 3 nitrogen and oxygen atoms in total. The molecule has 0 unspecified atom stereocenters. The second-order valence-electron chi connectivity index (χ2n) is 3.97. The average Bonchev–Trinajstić information content (AvgIpc) is 2.38. The van der Waals surface area contributed by atoms with Crippen molar-refractivity contribution in [2.75, 3.05) is 0 Å². The van der Waals surface area contributed by atoms with Gasteiger partial charge in [0.05, 0.1) is 0 Å². The van der Waals surface area contributed by atoms with Gasteiger partial charge in [0, 0.05) is 24.0 Å². The fourth-order valence-corrected chi connectivity index (χ4v) is 1.63. The van der Waals surface area contributed by atoms with Gasteiger partial charge in [-0.2, -0.15) is 0 Å². The molecule has 1 atom stereocenters. The SMILES string of the molecule is C[C@@H](N)c1ccccc1OCc1ccncc1. The maximum atomic E-state index is 5.89. The Kier molecular flexibility index (Phi) is 3.73. The van der Waals surface area contributed by atoms with Crippen LogP contribution in [0.1, 0.15) is 24.1 Å². The monoisotopic (exact) mass is 228 g/mol. The van der Waals surface area contributed by atoms with Gasteiger partial charge in [-0.3, -0.25) is 4.98 Å². The van der Waals surface area contributed by atoms with E-state index in [0.29, 0.717) is 6.61 Å². The summed E-state index contributed by atoms with van der Waals surface area (Å²) in [6.45, 7) is 2.49. The van der Waals surface area contributed by atoms with Crippen LogP contribution < -0.4 is 10.5 Å². The van der Waals surface area contributed by atoms with Crippen LogP contribution in [-0.2, 0) is 6.61 Å². The molecule has 0 aliphatic rings. The fraction of sp³-hybridized carbons (Fsp3) is 0.214. The molecule has 0 spiro atoms. The molecule has 2 aromatic rings. The van der Waals surface area contributed by atoms with Gasteiger partial charge in [-0.1, -0.05) is 18.2 Å². The third-order valence-electron chi connectivity index (χ3n) is 2.55. The summed E-state index contributed by atoms with van der Waals surface area (Å²) < 4.78 is 5.78. The number of hydrogen-bond donors (Lipinski definition) is 1. The summed E-state index contributed by atoms with van der Waals surface area (Å²) in [6.07, 6.45) is 3.52. The van der Waals surface area contributed by atoms with Gasteiger partial charge in [0.1, 0.15) is 12.4 Å². The molecule has 1 aromatic heterocycles. The molecule has 17 heavy (non-hydrogen) atoms. The summed E-state index contributed by atoms with van der Waals surface area (Å²) in [7, 11) is 0. The Morgan fingerprint density at radius 3 is 2.59 bits per heavy atom. The molecule has 1 heterocycles. The number of pyridine rings is 1. The van der Waals surface area contributed by atoms with Crippen LogP contribution in [-0.4, -0.2) is 4.98 Å². The number of rotatable bonds is 4. The number of para-hydroxylation sites is 1. The van der Waals surface area contributed by atoms with Crippen molar-refractivity contribution in [3.63, 3.8) is 0 Å². The molecule has 0 radical (unpaired) electrons. The van der Waals surface area contributed by atoms with E-state index in [1.165, 1.54) is 0 Å². The summed E-state index contributed by atoms with van der Waals surface area (Å²) in [5.41, 5.74) is 8.02. The van der Waals surface area contributed by atoms with Crippen LogP contribution in [0.4, 0.5) is 0 Å². The molecule has 0 amide bonds. The number of nitrogens with zero attached hydrogens (tertiary/aromatic N) is 1. The van der Waals surface area contributed by atoms with Gasteiger partial charge in [-0.25, -0.2) is 0 Å². The van der Waals surface area contributed by atoms with Gasteiger partial charge in [-0.15, -0.1) is 0 Å². The summed E-state index contributed by atoms with van der Waals surface area (Å²) in [6, 6.07) is 11.7. The molecule has 0 saturated heterocycles. The van der Waals surface area contributed by atoms with Gasteiger partial charge in [0.15, 0.2) is 0 Å². The van der Waals surface area contributed by atoms with Crippen LogP contribution in [0.15, 0.2) is 48.8 Å². The number of ether oxygens (including phenoxy) is 1. The zero-order chi connectivity index (χ0) is 12.1. The minimum absolute atomic E-state index is 0.0244. The van der Waals surface area contributed by atoms with E-state index in [1.807, 2.05) is 43.3 Å². The van der Waals surface area contributed by atoms with Crippen LogP contribution >= 0.6 is 0 Å². The molecule has 2 N–H and O–H groups in total. The topological polar surface area (TPSA) is 48.1 Å². The molecule has 88 valence electrons. The van der Waals surface area contributed by atoms with Crippen molar-refractivity contribution in [3.8, 4) is 5.75 Å². The highest BCUT2D eigenvalue weighted by Gasteiger charge is 2.06. The maximum absolute atomic E-state index is 5.89. The third-order valence-corrected chi connectivity index (χ3v) is 2.55. The summed E-state index contributed by atoms with van der Waals surface area (Å²) >= 11 is 0. The van der Waals surface area contributed by atoms with Crippen molar-refractivity contribution >= 4 is 0 Å². The molecule has 0 aliphatic carbocycles. The van der Waals surface area contributed by atoms with Crippen LogP contribution in [0.2, 0.25) is 0 Å². The van der Waals surface area contributed by atoms with E-state index in [9.17, 15) is 0 Å². The summed E-state index contributed by atoms with van der Waals surface area (Å²) in [5, 5.41) is 0. The Bertz CT molecular complexity index is 469. The van der Waals surface area contributed by atoms with Gasteiger partial charge in [0.2, 0.25) is 0 Å². The predicted molar refractivity (Wildman–Crippen MR) is 67.6 cm³/mol. The fourth-order valence-electron chi connectivity index (χ4n) is 1.63. The minimum Gasteiger partial charge on any atom is -0.489 e. The van der Waals surface area contributed by atoms with Crippen molar-refractivity contribution in [2.24, 2.45) is 5.73 Å². The predicted octanol–water partition coefficient (Wildman–Crippen LogP) is 2.68. The largest absolute Gasteiger partial charge is 0.489 e. The van der Waals surface area contributed by atoms with Crippen LogP contribution in [0.3, 0.4) is 0 Å². The normalized spacial score (nSPS) is 12.1. The van der Waals surface area contributed by atoms with E-state index in [0.717, 1.165) is 16.9 Å². The molecular weight excluding hydrogens is 212 g/mol. The minimum atomic E-state index is -0.0244. The van der Waals surface area contributed by atoms with Crippen LogP contribution in [0, 0.1) is 0 Å². The Morgan fingerprint density at radius 1 is 1.18 bits per heavy atom. The van der Waals surface area contributed by atoms with E-state index in [4.69, 9.17) is 10.5 Å². The molecule has 2 rings (SSSR count). The van der Waals surface area contributed by atoms with E-state index < -0.39 is 0 Å². The molecule has 0 bridgehead atoms. The van der Waals surface area contributed by atoms with Crippen molar-refractivity contribution < 1.29 is 4.74 Å². The molecule has 0 fully saturated rings. The summed E-state index contributed by atoms with van der Waals surface area (Å²) in [5.74, 6) is 0.847. The van der Waals surface area contributed by atoms with Gasteiger partial charge >= 0.3 is 0 Å². The molecule has 3 heteroatoms. The van der Waals surface area contributed by atoms with E-state index in [-0.39, 0.29) is 6.04 Å². The second-order valence-corrected chi connectivity index (χ2v) is 3.97. The average molecular weight is 228 g/mol. The first-order chi connectivity index (χ1) is 8.27. The van der Waals surface area contributed by atoms with Crippen LogP contribution in [0.5, 0.6) is 5.75 Å². The maximum Gasteiger partial charge on any atom is 0.124 e. The quantitative estimate of drug-likeness (QED) is 0.875. The lowest BCUT2D eigenvalue weighted by atomic mass is 10.1. The van der Waals surface area contributed by atoms with Gasteiger partial charge in [0.25, 0.3) is 0 Å². The smallest absolute Gasteiger partial charge is 0.124 e. The molecule has 1 aromatic carbocycles. The zero-order valence-electron chi connectivity index (χ0n) is 9.84. The first kappa shape index (κ1) is 11.6. The molecular formula is C14H16N2O. The van der Waals surface area contributed by atoms with Crippen molar-refractivity contribution in [3.05, 3.63) is 59.9 Å². The van der Waals surface area contributed by atoms with E-state index in [2.05, 4.69) is 4.98 Å². The molecule has 0 aliphatic heterocycles. The standard InChI is InChI=1S/C14H16N2O/c1-11(15)13-4-2-3-5-14(13)17-10-12-6-8-16-9-7-12/h2-9,11H,10,15H2,1H3/t11-/m1/s1. The van der Waals surface area contributed by atoms with E-state index >= 15 is 0 Å². The number of hydrogen-bond acceptors (Lipinski definition) is 3. The van der Waals surface area contributed by atoms with E-state index in [1.54, 1.807) is 12.4 Å². The molecule has 0 saturated carbocycles. The first-order valence-electron chi connectivity index (χ1n) is 5.63. The Labute approximate surface area is 101 Å². The van der Waals surface area contributed by atoms with Crippen LogP contribution in [0.25, 0.3) is 0 Å². The second kappa shape index (κ2) is 5.46. The zero-order valence-corrected chi connectivity index (χ0v) is 9.84. The lowest BCUT2D eigenvalue weighted by Crippen LogP contribution is -2.07. The van der Waals surface area contributed by atoms with Crippen molar-refractivity contribution in [2.45, 2.75) is 19.6 Å². The van der Waals surface area contributed by atoms with Crippen molar-refractivity contribution in [1.82, 2.24) is 4.98 Å². The van der Waals surface area contributed by atoms with Crippen molar-refractivity contribution in [1.29, 1.82) is 0 Å². The highest BCUT2D eigenvalue weighted by molar-refractivity contribution is 5.35. The third kappa shape index (κ3) is 3.04. The lowest BCUT2D eigenvalue weighted by Gasteiger charge is -2.13. The van der Waals surface area contributed by atoms with Gasteiger partial charge in [-0.05, 0) is 30.7 Å². The lowest BCUT2D eigenvalue weighted by molar-refractivity contribution is 0.301. The first-order valence-corrected chi connectivity index (χ1v) is 5.63. The highest BCUT2D eigenvalue weighted by atomic mass is 16.5. The Hall–Kier alpha value is -1.87. The number of nitrogens with two attached hydrogens (primary N) is 1. The number of benzene rings is 1. The highest BCUT2D eigenvalue weighted by Crippen LogP contribution is 2.23. The summed E-state index contributed by atoms with van der Waals surface area (Å²) in [4.78, 5) is 3.97.